The van der Waals surface area contributed by atoms with Gasteiger partial charge in [0.1, 0.15) is 22.8 Å². The van der Waals surface area contributed by atoms with Crippen LogP contribution in [0.2, 0.25) is 0 Å². The van der Waals surface area contributed by atoms with E-state index in [4.69, 9.17) is 9.47 Å². The molecule has 0 unspecified atom stereocenters. The average Bonchev–Trinajstić information content (AvgIpc) is 3.31. The molecule has 0 spiro atoms. The largest absolute Gasteiger partial charge is 0.495 e. The lowest BCUT2D eigenvalue weighted by Gasteiger charge is -2.12. The minimum atomic E-state index is -0.239. The van der Waals surface area contributed by atoms with Crippen LogP contribution >= 0.6 is 11.3 Å². The highest BCUT2D eigenvalue weighted by atomic mass is 32.1. The number of fused-ring (bicyclic) bond motifs is 1. The molecule has 2 heterocycles. The second-order valence-electron chi connectivity index (χ2n) is 5.79. The Morgan fingerprint density at radius 3 is 2.75 bits per heavy atom. The van der Waals surface area contributed by atoms with Crippen molar-refractivity contribution in [2.24, 2.45) is 0 Å². The highest BCUT2D eigenvalue weighted by molar-refractivity contribution is 7.19. The van der Waals surface area contributed by atoms with E-state index >= 15 is 0 Å². The van der Waals surface area contributed by atoms with E-state index in [2.05, 4.69) is 20.6 Å². The summed E-state index contributed by atoms with van der Waals surface area (Å²) < 4.78 is 12.4. The van der Waals surface area contributed by atoms with E-state index in [9.17, 15) is 4.79 Å². The molecule has 0 saturated heterocycles. The fourth-order valence-electron chi connectivity index (χ4n) is 2.68. The number of nitrogens with one attached hydrogen (secondary N) is 1. The Labute approximate surface area is 164 Å². The number of rotatable bonds is 6. The van der Waals surface area contributed by atoms with Crippen LogP contribution in [0.3, 0.4) is 0 Å². The fraction of sp³-hybridized carbons (Fsp3) is 0.158. The molecule has 2 aromatic carbocycles. The average molecular weight is 395 g/mol. The predicted molar refractivity (Wildman–Crippen MR) is 106 cm³/mol. The summed E-state index contributed by atoms with van der Waals surface area (Å²) in [5.41, 5.74) is 1.93. The first-order valence-electron chi connectivity index (χ1n) is 8.57. The smallest absolute Gasteiger partial charge is 0.255 e. The van der Waals surface area contributed by atoms with Crippen LogP contribution in [-0.4, -0.2) is 39.4 Å². The Bertz CT molecular complexity index is 1090. The lowest BCUT2D eigenvalue weighted by Crippen LogP contribution is -2.12. The second-order valence-corrected chi connectivity index (χ2v) is 6.75. The van der Waals surface area contributed by atoms with Gasteiger partial charge in [-0.3, -0.25) is 4.79 Å². The van der Waals surface area contributed by atoms with Crippen molar-refractivity contribution in [1.29, 1.82) is 0 Å². The lowest BCUT2D eigenvalue weighted by atomic mass is 10.1. The van der Waals surface area contributed by atoms with Gasteiger partial charge < -0.3 is 14.8 Å². The zero-order valence-electron chi connectivity index (χ0n) is 15.2. The van der Waals surface area contributed by atoms with Crippen molar-refractivity contribution in [3.63, 3.8) is 0 Å². The van der Waals surface area contributed by atoms with Gasteiger partial charge >= 0.3 is 0 Å². The van der Waals surface area contributed by atoms with Crippen molar-refractivity contribution in [2.45, 2.75) is 6.92 Å². The van der Waals surface area contributed by atoms with Crippen LogP contribution in [0.4, 0.5) is 5.69 Å². The maximum Gasteiger partial charge on any atom is 0.255 e. The maximum atomic E-state index is 12.7. The van der Waals surface area contributed by atoms with E-state index in [-0.39, 0.29) is 5.91 Å². The van der Waals surface area contributed by atoms with Gasteiger partial charge in [-0.05, 0) is 49.4 Å². The number of ether oxygens (including phenoxy) is 2. The molecule has 142 valence electrons. The number of benzene rings is 2. The molecule has 0 saturated carbocycles. The fourth-order valence-corrected chi connectivity index (χ4v) is 3.49. The van der Waals surface area contributed by atoms with Crippen LogP contribution < -0.4 is 14.8 Å². The molecule has 4 aromatic rings. The lowest BCUT2D eigenvalue weighted by molar-refractivity contribution is 0.102. The monoisotopic (exact) mass is 395 g/mol. The molecule has 8 nitrogen and oxygen atoms in total. The first-order chi connectivity index (χ1) is 13.7. The molecule has 2 aromatic heterocycles. The minimum Gasteiger partial charge on any atom is -0.495 e. The van der Waals surface area contributed by atoms with Crippen molar-refractivity contribution in [3.05, 3.63) is 54.4 Å². The summed E-state index contributed by atoms with van der Waals surface area (Å²) in [5.74, 6) is 1.05. The van der Waals surface area contributed by atoms with Gasteiger partial charge in [0.2, 0.25) is 4.96 Å². The zero-order valence-corrected chi connectivity index (χ0v) is 16.1. The third-order valence-corrected chi connectivity index (χ3v) is 4.97. The van der Waals surface area contributed by atoms with E-state index in [0.717, 1.165) is 16.3 Å². The van der Waals surface area contributed by atoms with Crippen molar-refractivity contribution in [3.8, 4) is 22.1 Å². The number of carbonyl (C=O) groups is 1. The van der Waals surface area contributed by atoms with E-state index in [0.29, 0.717) is 28.6 Å². The SMILES string of the molecule is CCOc1ccc(C(=O)Nc2cc(-c3nn4cnnc4s3)ccc2OC)cc1. The molecule has 28 heavy (non-hydrogen) atoms. The van der Waals surface area contributed by atoms with Gasteiger partial charge in [0.05, 0.1) is 19.4 Å². The molecule has 0 bridgehead atoms. The molecule has 0 fully saturated rings. The van der Waals surface area contributed by atoms with Gasteiger partial charge in [-0.15, -0.1) is 10.2 Å². The van der Waals surface area contributed by atoms with Crippen molar-refractivity contribution < 1.29 is 14.3 Å². The quantitative estimate of drug-likeness (QED) is 0.537. The van der Waals surface area contributed by atoms with Gasteiger partial charge in [0.15, 0.2) is 0 Å². The molecule has 1 N–H and O–H groups in total. The summed E-state index contributed by atoms with van der Waals surface area (Å²) in [6.45, 7) is 2.49. The number of nitrogens with zero attached hydrogens (tertiary/aromatic N) is 4. The van der Waals surface area contributed by atoms with Crippen molar-refractivity contribution >= 4 is 27.9 Å². The molecular weight excluding hydrogens is 378 g/mol. The number of carbonyl (C=O) groups excluding carboxylic acids is 1. The van der Waals surface area contributed by atoms with E-state index in [1.54, 1.807) is 48.3 Å². The number of hydrogen-bond donors (Lipinski definition) is 1. The van der Waals surface area contributed by atoms with Gasteiger partial charge in [0, 0.05) is 11.1 Å². The Kier molecular flexibility index (Phi) is 4.90. The highest BCUT2D eigenvalue weighted by Gasteiger charge is 2.14. The molecule has 1 amide bonds. The minimum absolute atomic E-state index is 0.239. The number of anilines is 1. The number of aromatic nitrogens is 4. The molecule has 0 radical (unpaired) electrons. The molecule has 0 aliphatic heterocycles. The summed E-state index contributed by atoms with van der Waals surface area (Å²) in [6.07, 6.45) is 1.55. The Hall–Kier alpha value is -3.46. The predicted octanol–water partition coefficient (Wildman–Crippen LogP) is 3.51. The van der Waals surface area contributed by atoms with Crippen LogP contribution in [0, 0.1) is 0 Å². The Morgan fingerprint density at radius 1 is 1.21 bits per heavy atom. The van der Waals surface area contributed by atoms with Crippen molar-refractivity contribution in [2.75, 3.05) is 19.0 Å². The van der Waals surface area contributed by atoms with E-state index < -0.39 is 0 Å². The topological polar surface area (TPSA) is 90.6 Å². The molecule has 0 aliphatic carbocycles. The Morgan fingerprint density at radius 2 is 2.04 bits per heavy atom. The van der Waals surface area contributed by atoms with Gasteiger partial charge in [-0.1, -0.05) is 11.3 Å². The summed E-state index contributed by atoms with van der Waals surface area (Å²) in [6, 6.07) is 12.5. The third kappa shape index (κ3) is 3.52. The van der Waals surface area contributed by atoms with Gasteiger partial charge in [-0.2, -0.15) is 9.61 Å². The molecule has 0 aliphatic rings. The van der Waals surface area contributed by atoms with Crippen LogP contribution in [0.5, 0.6) is 11.5 Å². The van der Waals surface area contributed by atoms with Crippen molar-refractivity contribution in [1.82, 2.24) is 19.8 Å². The Balaban J connectivity index is 1.60. The summed E-state index contributed by atoms with van der Waals surface area (Å²) in [5, 5.41) is 15.9. The third-order valence-electron chi connectivity index (χ3n) is 4.01. The highest BCUT2D eigenvalue weighted by Crippen LogP contribution is 2.32. The van der Waals surface area contributed by atoms with Gasteiger partial charge in [0.25, 0.3) is 5.91 Å². The molecular formula is C19H17N5O3S. The van der Waals surface area contributed by atoms with Gasteiger partial charge in [-0.25, -0.2) is 0 Å². The zero-order chi connectivity index (χ0) is 19.5. The van der Waals surface area contributed by atoms with E-state index in [1.807, 2.05) is 19.1 Å². The first kappa shape index (κ1) is 17.9. The second kappa shape index (κ2) is 7.65. The molecule has 4 rings (SSSR count). The summed E-state index contributed by atoms with van der Waals surface area (Å²) >= 11 is 1.41. The van der Waals surface area contributed by atoms with Crippen LogP contribution in [0.1, 0.15) is 17.3 Å². The number of hydrogen-bond acceptors (Lipinski definition) is 7. The summed E-state index contributed by atoms with van der Waals surface area (Å²) in [7, 11) is 1.56. The van der Waals surface area contributed by atoms with Crippen LogP contribution in [0.15, 0.2) is 48.8 Å². The molecule has 0 atom stereocenters. The number of amides is 1. The molecule has 9 heteroatoms. The normalized spacial score (nSPS) is 10.8. The van der Waals surface area contributed by atoms with Crippen LogP contribution in [0.25, 0.3) is 15.5 Å². The maximum absolute atomic E-state index is 12.7. The number of methoxy groups -OCH3 is 1. The van der Waals surface area contributed by atoms with E-state index in [1.165, 1.54) is 11.3 Å². The first-order valence-corrected chi connectivity index (χ1v) is 9.39. The standard InChI is InChI=1S/C19H17N5O3S/c1-3-27-14-7-4-12(5-8-14)17(25)21-15-10-13(6-9-16(15)26-2)18-23-24-11-20-22-19(24)28-18/h4-11H,3H2,1-2H3,(H,21,25). The summed E-state index contributed by atoms with van der Waals surface area (Å²) in [4.78, 5) is 13.4. The van der Waals surface area contributed by atoms with Crippen LogP contribution in [-0.2, 0) is 0 Å².